The maximum absolute atomic E-state index is 4.84. The molecule has 1 aromatic carbocycles. The molecule has 0 radical (unpaired) electrons. The molecule has 0 spiro atoms. The Kier molecular flexibility index (Phi) is 6.98. The predicted octanol–water partition coefficient (Wildman–Crippen LogP) is 2.26. The van der Waals surface area contributed by atoms with Crippen molar-refractivity contribution in [3.63, 3.8) is 0 Å². The Labute approximate surface area is 152 Å². The number of rotatable bonds is 6. The van der Waals surface area contributed by atoms with E-state index < -0.39 is 0 Å². The summed E-state index contributed by atoms with van der Waals surface area (Å²) in [4.78, 5) is 12.3. The highest BCUT2D eigenvalue weighted by Gasteiger charge is 2.17. The monoisotopic (exact) mass is 343 g/mol. The van der Waals surface area contributed by atoms with E-state index in [9.17, 15) is 0 Å². The van der Waals surface area contributed by atoms with Gasteiger partial charge in [0.15, 0.2) is 5.96 Å². The molecule has 0 aliphatic carbocycles. The first-order chi connectivity index (χ1) is 12.4. The summed E-state index contributed by atoms with van der Waals surface area (Å²) in [6.45, 7) is 12.1. The molecule has 5 heteroatoms. The highest BCUT2D eigenvalue weighted by Crippen LogP contribution is 2.15. The lowest BCUT2D eigenvalue weighted by molar-refractivity contribution is 0.256. The number of hydrogen-bond donors (Lipinski definition) is 1. The largest absolute Gasteiger partial charge is 0.369 e. The minimum atomic E-state index is 0.928. The molecule has 0 unspecified atom stereocenters. The third-order valence-electron chi connectivity index (χ3n) is 5.13. The number of hydrogen-bond acceptors (Lipinski definition) is 3. The van der Waals surface area contributed by atoms with E-state index in [2.05, 4.69) is 57.3 Å². The summed E-state index contributed by atoms with van der Waals surface area (Å²) in [5.41, 5.74) is 1.35. The lowest BCUT2D eigenvalue weighted by Gasteiger charge is -2.36. The number of nitrogens with one attached hydrogen (secondary N) is 1. The van der Waals surface area contributed by atoms with E-state index in [1.807, 2.05) is 0 Å². The van der Waals surface area contributed by atoms with E-state index in [4.69, 9.17) is 4.99 Å². The van der Waals surface area contributed by atoms with E-state index in [0.717, 1.165) is 71.3 Å². The van der Waals surface area contributed by atoms with Crippen molar-refractivity contribution in [2.45, 2.75) is 26.2 Å². The number of anilines is 1. The second kappa shape index (κ2) is 9.66. The van der Waals surface area contributed by atoms with Crippen molar-refractivity contribution in [2.24, 2.45) is 4.99 Å². The fraction of sp³-hybridized carbons (Fsp3) is 0.650. The minimum Gasteiger partial charge on any atom is -0.369 e. The highest BCUT2D eigenvalue weighted by atomic mass is 15.3. The first-order valence-electron chi connectivity index (χ1n) is 9.92. The normalized spacial score (nSPS) is 19.5. The summed E-state index contributed by atoms with van der Waals surface area (Å²) in [6.07, 6.45) is 3.75. The van der Waals surface area contributed by atoms with Gasteiger partial charge in [0.25, 0.3) is 0 Å². The van der Waals surface area contributed by atoms with Gasteiger partial charge in [-0.2, -0.15) is 0 Å². The number of aliphatic imine (C=N–C) groups is 1. The Morgan fingerprint density at radius 2 is 1.72 bits per heavy atom. The van der Waals surface area contributed by atoms with Gasteiger partial charge in [-0.25, -0.2) is 0 Å². The average Bonchev–Trinajstić information content (AvgIpc) is 3.20. The van der Waals surface area contributed by atoms with Crippen LogP contribution in [0.2, 0.25) is 0 Å². The Balaban J connectivity index is 1.37. The van der Waals surface area contributed by atoms with Gasteiger partial charge in [-0.15, -0.1) is 0 Å². The molecular formula is C20H33N5. The van der Waals surface area contributed by atoms with E-state index in [0.29, 0.717) is 0 Å². The molecule has 2 aliphatic rings. The summed E-state index contributed by atoms with van der Waals surface area (Å²) in [7, 11) is 0. The van der Waals surface area contributed by atoms with Crippen LogP contribution < -0.4 is 10.2 Å². The highest BCUT2D eigenvalue weighted by molar-refractivity contribution is 5.80. The topological polar surface area (TPSA) is 34.1 Å². The van der Waals surface area contributed by atoms with Gasteiger partial charge in [-0.3, -0.25) is 9.89 Å². The van der Waals surface area contributed by atoms with Gasteiger partial charge in [0.05, 0.1) is 0 Å². The van der Waals surface area contributed by atoms with Gasteiger partial charge < -0.3 is 15.1 Å². The Morgan fingerprint density at radius 1 is 1.00 bits per heavy atom. The quantitative estimate of drug-likeness (QED) is 0.488. The van der Waals surface area contributed by atoms with Crippen LogP contribution in [-0.4, -0.2) is 74.7 Å². The van der Waals surface area contributed by atoms with Crippen LogP contribution in [0, 0.1) is 0 Å². The molecule has 1 N–H and O–H groups in total. The second-order valence-electron chi connectivity index (χ2n) is 6.95. The summed E-state index contributed by atoms with van der Waals surface area (Å²) >= 11 is 0. The van der Waals surface area contributed by atoms with E-state index in [1.165, 1.54) is 18.5 Å². The summed E-state index contributed by atoms with van der Waals surface area (Å²) in [5, 5.41) is 3.44. The fourth-order valence-electron chi connectivity index (χ4n) is 3.70. The standard InChI is InChI=1S/C20H33N5/c1-2-21-20(25-13-6-7-14-25)22-11-8-12-23-15-17-24(18-16-23)19-9-4-3-5-10-19/h3-5,9-10H,2,6-8,11-18H2,1H3,(H,21,22). The lowest BCUT2D eigenvalue weighted by atomic mass is 10.2. The molecular weight excluding hydrogens is 310 g/mol. The maximum Gasteiger partial charge on any atom is 0.193 e. The van der Waals surface area contributed by atoms with Crippen LogP contribution in [-0.2, 0) is 0 Å². The summed E-state index contributed by atoms with van der Waals surface area (Å²) in [6, 6.07) is 10.8. The van der Waals surface area contributed by atoms with E-state index in [1.54, 1.807) is 0 Å². The van der Waals surface area contributed by atoms with Crippen LogP contribution in [0.4, 0.5) is 5.69 Å². The lowest BCUT2D eigenvalue weighted by Crippen LogP contribution is -2.46. The molecule has 1 aromatic rings. The zero-order chi connectivity index (χ0) is 17.3. The molecule has 0 amide bonds. The molecule has 5 nitrogen and oxygen atoms in total. The molecule has 2 saturated heterocycles. The molecule has 2 aliphatic heterocycles. The van der Waals surface area contributed by atoms with Gasteiger partial charge in [-0.05, 0) is 38.3 Å². The second-order valence-corrected chi connectivity index (χ2v) is 6.95. The van der Waals surface area contributed by atoms with Crippen LogP contribution in [0.25, 0.3) is 0 Å². The predicted molar refractivity (Wildman–Crippen MR) is 106 cm³/mol. The van der Waals surface area contributed by atoms with Crippen molar-refractivity contribution >= 4 is 11.6 Å². The zero-order valence-electron chi connectivity index (χ0n) is 15.7. The first kappa shape index (κ1) is 18.1. The first-order valence-corrected chi connectivity index (χ1v) is 9.92. The molecule has 0 bridgehead atoms. The van der Waals surface area contributed by atoms with Gasteiger partial charge in [0.2, 0.25) is 0 Å². The molecule has 0 saturated carbocycles. The molecule has 2 heterocycles. The van der Waals surface area contributed by atoms with Crippen LogP contribution in [0.3, 0.4) is 0 Å². The van der Waals surface area contributed by atoms with Gasteiger partial charge in [0, 0.05) is 64.6 Å². The number of benzene rings is 1. The van der Waals surface area contributed by atoms with Crippen LogP contribution in [0.15, 0.2) is 35.3 Å². The molecule has 138 valence electrons. The fourth-order valence-corrected chi connectivity index (χ4v) is 3.70. The van der Waals surface area contributed by atoms with Crippen molar-refractivity contribution in [3.05, 3.63) is 30.3 Å². The average molecular weight is 344 g/mol. The molecule has 0 atom stereocenters. The number of nitrogens with zero attached hydrogens (tertiary/aromatic N) is 4. The summed E-state index contributed by atoms with van der Waals surface area (Å²) in [5.74, 6) is 1.12. The van der Waals surface area contributed by atoms with Gasteiger partial charge >= 0.3 is 0 Å². The van der Waals surface area contributed by atoms with Crippen molar-refractivity contribution in [3.8, 4) is 0 Å². The van der Waals surface area contributed by atoms with Crippen LogP contribution >= 0.6 is 0 Å². The van der Waals surface area contributed by atoms with E-state index in [-0.39, 0.29) is 0 Å². The van der Waals surface area contributed by atoms with E-state index >= 15 is 0 Å². The third kappa shape index (κ3) is 5.36. The van der Waals surface area contributed by atoms with Crippen LogP contribution in [0.5, 0.6) is 0 Å². The molecule has 25 heavy (non-hydrogen) atoms. The summed E-state index contributed by atoms with van der Waals surface area (Å²) < 4.78 is 0. The number of likely N-dealkylation sites (tertiary alicyclic amines) is 1. The Morgan fingerprint density at radius 3 is 2.40 bits per heavy atom. The smallest absolute Gasteiger partial charge is 0.193 e. The maximum atomic E-state index is 4.84. The zero-order valence-corrected chi connectivity index (χ0v) is 15.7. The molecule has 2 fully saturated rings. The minimum absolute atomic E-state index is 0.928. The molecule has 0 aromatic heterocycles. The number of guanidine groups is 1. The van der Waals surface area contributed by atoms with Crippen molar-refractivity contribution in [1.82, 2.24) is 15.1 Å². The Bertz CT molecular complexity index is 516. The third-order valence-corrected chi connectivity index (χ3v) is 5.13. The van der Waals surface area contributed by atoms with Gasteiger partial charge in [0.1, 0.15) is 0 Å². The van der Waals surface area contributed by atoms with Crippen molar-refractivity contribution in [1.29, 1.82) is 0 Å². The van der Waals surface area contributed by atoms with Crippen molar-refractivity contribution < 1.29 is 0 Å². The SMILES string of the molecule is CCNC(=NCCCN1CCN(c2ccccc2)CC1)N1CCCC1. The Hall–Kier alpha value is -1.75. The van der Waals surface area contributed by atoms with Gasteiger partial charge in [-0.1, -0.05) is 18.2 Å². The number of para-hydroxylation sites is 1. The van der Waals surface area contributed by atoms with Crippen molar-refractivity contribution in [2.75, 3.05) is 63.8 Å². The molecule has 3 rings (SSSR count). The number of piperazine rings is 1. The van der Waals surface area contributed by atoms with Crippen LogP contribution in [0.1, 0.15) is 26.2 Å².